The van der Waals surface area contributed by atoms with Crippen molar-refractivity contribution in [2.45, 2.75) is 20.8 Å². The smallest absolute Gasteiger partial charge is 0.229 e. The molecule has 4 nitrogen and oxygen atoms in total. The number of hydrogen-bond donors (Lipinski definition) is 1. The number of hydrogen-bond acceptors (Lipinski definition) is 3. The second kappa shape index (κ2) is 7.13. The fraction of sp³-hybridized carbons (Fsp3) is 0.130. The zero-order chi connectivity index (χ0) is 20.7. The van der Waals surface area contributed by atoms with E-state index >= 15 is 0 Å². The molecular formula is C23H18F2N2O2. The van der Waals surface area contributed by atoms with Crippen molar-refractivity contribution in [2.75, 3.05) is 0 Å². The SMILES string of the molecule is Cc1[nH]c(-c2cc3ccccc3nc2Oc2ccc(F)c(F)c2C)cc(=O)c1C. The van der Waals surface area contributed by atoms with Crippen LogP contribution in [0.25, 0.3) is 22.2 Å². The Bertz CT molecular complexity index is 1310. The largest absolute Gasteiger partial charge is 0.438 e. The van der Waals surface area contributed by atoms with Gasteiger partial charge < -0.3 is 9.72 Å². The van der Waals surface area contributed by atoms with E-state index in [0.29, 0.717) is 22.3 Å². The van der Waals surface area contributed by atoms with E-state index in [4.69, 9.17) is 4.74 Å². The molecule has 0 unspecified atom stereocenters. The molecule has 6 heteroatoms. The van der Waals surface area contributed by atoms with Gasteiger partial charge in [-0.3, -0.25) is 4.79 Å². The van der Waals surface area contributed by atoms with Crippen LogP contribution in [0.1, 0.15) is 16.8 Å². The zero-order valence-corrected chi connectivity index (χ0v) is 16.1. The molecule has 0 atom stereocenters. The van der Waals surface area contributed by atoms with Crippen LogP contribution in [0.4, 0.5) is 8.78 Å². The molecule has 0 aliphatic rings. The van der Waals surface area contributed by atoms with Crippen molar-refractivity contribution in [3.63, 3.8) is 0 Å². The Hall–Kier alpha value is -3.54. The first kappa shape index (κ1) is 18.8. The molecule has 0 saturated carbocycles. The molecule has 2 aromatic carbocycles. The fourth-order valence-corrected chi connectivity index (χ4v) is 3.12. The maximum atomic E-state index is 14.0. The minimum atomic E-state index is -0.968. The van der Waals surface area contributed by atoms with Gasteiger partial charge in [-0.1, -0.05) is 18.2 Å². The monoisotopic (exact) mass is 392 g/mol. The number of nitrogens with zero attached hydrogens (tertiary/aromatic N) is 1. The van der Waals surface area contributed by atoms with Gasteiger partial charge >= 0.3 is 0 Å². The number of aryl methyl sites for hydroxylation is 1. The lowest BCUT2D eigenvalue weighted by Gasteiger charge is -2.14. The predicted octanol–water partition coefficient (Wildman–Crippen LogP) is 5.59. The standard InChI is InChI=1S/C23H18F2N2O2/c1-12-14(3)26-19(11-20(12)28)16-10-15-6-4-5-7-18(15)27-23(16)29-21-9-8-17(24)22(25)13(21)2/h4-11H,1-3H3,(H,26,28). The summed E-state index contributed by atoms with van der Waals surface area (Å²) in [4.78, 5) is 20.1. The van der Waals surface area contributed by atoms with E-state index in [1.165, 1.54) is 19.1 Å². The molecule has 0 spiro atoms. The van der Waals surface area contributed by atoms with Crippen molar-refractivity contribution in [2.24, 2.45) is 0 Å². The molecule has 0 aliphatic carbocycles. The lowest BCUT2D eigenvalue weighted by Crippen LogP contribution is -2.09. The Labute approximate surface area is 165 Å². The molecule has 0 saturated heterocycles. The van der Waals surface area contributed by atoms with E-state index in [2.05, 4.69) is 9.97 Å². The fourth-order valence-electron chi connectivity index (χ4n) is 3.12. The Morgan fingerprint density at radius 2 is 1.72 bits per heavy atom. The number of nitrogens with one attached hydrogen (secondary N) is 1. The van der Waals surface area contributed by atoms with E-state index in [1.54, 1.807) is 6.92 Å². The topological polar surface area (TPSA) is 55.0 Å². The first-order chi connectivity index (χ1) is 13.8. The van der Waals surface area contributed by atoms with Gasteiger partial charge in [-0.05, 0) is 45.0 Å². The molecule has 0 radical (unpaired) electrons. The lowest BCUT2D eigenvalue weighted by molar-refractivity contribution is 0.444. The molecular weight excluding hydrogens is 374 g/mol. The van der Waals surface area contributed by atoms with Gasteiger partial charge in [-0.25, -0.2) is 13.8 Å². The third-order valence-corrected chi connectivity index (χ3v) is 5.01. The summed E-state index contributed by atoms with van der Waals surface area (Å²) in [5.74, 6) is -1.57. The number of aromatic nitrogens is 2. The molecule has 4 aromatic rings. The summed E-state index contributed by atoms with van der Waals surface area (Å²) in [6, 6.07) is 13.2. The van der Waals surface area contributed by atoms with Crippen LogP contribution in [0, 0.1) is 32.4 Å². The molecule has 0 amide bonds. The summed E-state index contributed by atoms with van der Waals surface area (Å²) >= 11 is 0. The predicted molar refractivity (Wildman–Crippen MR) is 108 cm³/mol. The summed E-state index contributed by atoms with van der Waals surface area (Å²) in [5.41, 5.74) is 3.05. The van der Waals surface area contributed by atoms with Crippen molar-refractivity contribution in [3.05, 3.63) is 87.2 Å². The Balaban J connectivity index is 1.94. The van der Waals surface area contributed by atoms with Gasteiger partial charge in [0.05, 0.1) is 16.8 Å². The number of aromatic amines is 1. The van der Waals surface area contributed by atoms with Crippen molar-refractivity contribution in [3.8, 4) is 22.9 Å². The highest BCUT2D eigenvalue weighted by Crippen LogP contribution is 2.35. The van der Waals surface area contributed by atoms with Gasteiger partial charge in [-0.2, -0.15) is 0 Å². The highest BCUT2D eigenvalue weighted by atomic mass is 19.2. The van der Waals surface area contributed by atoms with Crippen molar-refractivity contribution in [1.29, 1.82) is 0 Å². The van der Waals surface area contributed by atoms with Crippen LogP contribution in [-0.4, -0.2) is 9.97 Å². The normalized spacial score (nSPS) is 11.1. The second-order valence-corrected chi connectivity index (χ2v) is 6.92. The van der Waals surface area contributed by atoms with Crippen LogP contribution in [0.5, 0.6) is 11.6 Å². The molecule has 0 bridgehead atoms. The van der Waals surface area contributed by atoms with E-state index in [1.807, 2.05) is 37.3 Å². The van der Waals surface area contributed by atoms with Gasteiger partial charge in [0.2, 0.25) is 5.88 Å². The summed E-state index contributed by atoms with van der Waals surface area (Å²) < 4.78 is 33.4. The minimum Gasteiger partial charge on any atom is -0.438 e. The number of rotatable bonds is 3. The summed E-state index contributed by atoms with van der Waals surface area (Å²) in [5, 5.41) is 0.857. The number of para-hydroxylation sites is 1. The third-order valence-electron chi connectivity index (χ3n) is 5.01. The van der Waals surface area contributed by atoms with Crippen LogP contribution in [0.3, 0.4) is 0 Å². The Morgan fingerprint density at radius 1 is 0.966 bits per heavy atom. The highest BCUT2D eigenvalue weighted by Gasteiger charge is 2.17. The molecule has 0 aliphatic heterocycles. The van der Waals surface area contributed by atoms with Crippen LogP contribution in [-0.2, 0) is 0 Å². The third kappa shape index (κ3) is 3.38. The zero-order valence-electron chi connectivity index (χ0n) is 16.1. The van der Waals surface area contributed by atoms with Crippen LogP contribution in [0.15, 0.2) is 53.3 Å². The molecule has 0 fully saturated rings. The summed E-state index contributed by atoms with van der Waals surface area (Å²) in [6.07, 6.45) is 0. The highest BCUT2D eigenvalue weighted by molar-refractivity contribution is 5.85. The van der Waals surface area contributed by atoms with Crippen molar-refractivity contribution in [1.82, 2.24) is 9.97 Å². The Kier molecular flexibility index (Phi) is 4.62. The number of benzene rings is 2. The first-order valence-electron chi connectivity index (χ1n) is 9.08. The first-order valence-corrected chi connectivity index (χ1v) is 9.08. The van der Waals surface area contributed by atoms with Gasteiger partial charge in [0, 0.05) is 28.3 Å². The lowest BCUT2D eigenvalue weighted by atomic mass is 10.1. The maximum Gasteiger partial charge on any atom is 0.229 e. The minimum absolute atomic E-state index is 0.0412. The molecule has 2 aromatic heterocycles. The molecule has 1 N–H and O–H groups in total. The molecule has 146 valence electrons. The number of pyridine rings is 2. The maximum absolute atomic E-state index is 14.0. The molecule has 29 heavy (non-hydrogen) atoms. The number of ether oxygens (including phenoxy) is 1. The summed E-state index contributed by atoms with van der Waals surface area (Å²) in [6.45, 7) is 5.00. The average Bonchev–Trinajstić information content (AvgIpc) is 2.71. The van der Waals surface area contributed by atoms with Gasteiger partial charge in [0.25, 0.3) is 0 Å². The molecule has 2 heterocycles. The summed E-state index contributed by atoms with van der Waals surface area (Å²) in [7, 11) is 0. The van der Waals surface area contributed by atoms with Crippen LogP contribution >= 0.6 is 0 Å². The van der Waals surface area contributed by atoms with Crippen molar-refractivity contribution >= 4 is 10.9 Å². The van der Waals surface area contributed by atoms with Gasteiger partial charge in [0.15, 0.2) is 17.1 Å². The number of fused-ring (bicyclic) bond motifs is 1. The van der Waals surface area contributed by atoms with Gasteiger partial charge in [0.1, 0.15) is 5.75 Å². The van der Waals surface area contributed by atoms with Crippen LogP contribution in [0.2, 0.25) is 0 Å². The van der Waals surface area contributed by atoms with E-state index in [0.717, 1.165) is 17.1 Å². The van der Waals surface area contributed by atoms with E-state index in [9.17, 15) is 13.6 Å². The number of H-pyrrole nitrogens is 1. The average molecular weight is 392 g/mol. The van der Waals surface area contributed by atoms with E-state index in [-0.39, 0.29) is 22.6 Å². The van der Waals surface area contributed by atoms with Crippen LogP contribution < -0.4 is 10.2 Å². The van der Waals surface area contributed by atoms with E-state index < -0.39 is 11.6 Å². The van der Waals surface area contributed by atoms with Gasteiger partial charge in [-0.15, -0.1) is 0 Å². The Morgan fingerprint density at radius 3 is 2.48 bits per heavy atom. The second-order valence-electron chi connectivity index (χ2n) is 6.92. The number of halogens is 2. The quantitative estimate of drug-likeness (QED) is 0.495. The van der Waals surface area contributed by atoms with Crippen molar-refractivity contribution < 1.29 is 13.5 Å². The molecule has 4 rings (SSSR count).